The number of sulfonamides is 1. The van der Waals surface area contributed by atoms with E-state index in [2.05, 4.69) is 33.3 Å². The topological polar surface area (TPSA) is 59.1 Å². The molecule has 1 atom stereocenters. The van der Waals surface area contributed by atoms with Crippen LogP contribution in [0.5, 0.6) is 0 Å². The van der Waals surface area contributed by atoms with Crippen molar-refractivity contribution in [2.45, 2.75) is 50.0 Å². The molecular weight excluding hydrogens is 424 g/mol. The van der Waals surface area contributed by atoms with Gasteiger partial charge in [-0.3, -0.25) is 0 Å². The van der Waals surface area contributed by atoms with Gasteiger partial charge in [-0.15, -0.1) is 11.3 Å². The SMILES string of the molecule is Cc1nc(CCc2cccc3c2CCC(NS(=O)(=O)c2ccc(Cl)cc2)C3)cs1. The number of halogens is 1. The third kappa shape index (κ3) is 4.89. The predicted octanol–water partition coefficient (Wildman–Crippen LogP) is 4.73. The number of fused-ring (bicyclic) bond motifs is 1. The second kappa shape index (κ2) is 8.56. The van der Waals surface area contributed by atoms with Gasteiger partial charge in [-0.2, -0.15) is 0 Å². The summed E-state index contributed by atoms with van der Waals surface area (Å²) in [6.07, 6.45) is 4.30. The highest BCUT2D eigenvalue weighted by molar-refractivity contribution is 7.89. The van der Waals surface area contributed by atoms with Crippen molar-refractivity contribution < 1.29 is 8.42 Å². The zero-order valence-electron chi connectivity index (χ0n) is 16.2. The second-order valence-electron chi connectivity index (χ2n) is 7.43. The Morgan fingerprint density at radius 1 is 1.17 bits per heavy atom. The van der Waals surface area contributed by atoms with Crippen molar-refractivity contribution in [3.8, 4) is 0 Å². The van der Waals surface area contributed by atoms with E-state index in [-0.39, 0.29) is 10.9 Å². The van der Waals surface area contributed by atoms with Gasteiger partial charge in [-0.25, -0.2) is 18.1 Å². The summed E-state index contributed by atoms with van der Waals surface area (Å²) in [4.78, 5) is 4.81. The van der Waals surface area contributed by atoms with Crippen LogP contribution in [0.2, 0.25) is 5.02 Å². The maximum atomic E-state index is 12.7. The zero-order valence-corrected chi connectivity index (χ0v) is 18.6. The van der Waals surface area contributed by atoms with Gasteiger partial charge in [0.25, 0.3) is 0 Å². The van der Waals surface area contributed by atoms with Crippen molar-refractivity contribution >= 4 is 33.0 Å². The molecule has 0 aliphatic heterocycles. The van der Waals surface area contributed by atoms with E-state index in [9.17, 15) is 8.42 Å². The van der Waals surface area contributed by atoms with Crippen molar-refractivity contribution in [2.75, 3.05) is 0 Å². The summed E-state index contributed by atoms with van der Waals surface area (Å²) in [6.45, 7) is 2.03. The first-order valence-corrected chi connectivity index (χ1v) is 12.4. The lowest BCUT2D eigenvalue weighted by molar-refractivity contribution is 0.506. The van der Waals surface area contributed by atoms with E-state index in [0.29, 0.717) is 11.4 Å². The van der Waals surface area contributed by atoms with Gasteiger partial charge in [-0.1, -0.05) is 29.8 Å². The first-order valence-electron chi connectivity index (χ1n) is 9.69. The third-order valence-electron chi connectivity index (χ3n) is 5.34. The number of benzene rings is 2. The molecule has 1 unspecified atom stereocenters. The Morgan fingerprint density at radius 3 is 2.69 bits per heavy atom. The summed E-state index contributed by atoms with van der Waals surface area (Å²) in [5.41, 5.74) is 5.12. The molecule has 1 N–H and O–H groups in total. The summed E-state index contributed by atoms with van der Waals surface area (Å²) in [7, 11) is -3.55. The maximum absolute atomic E-state index is 12.7. The Bertz CT molecular complexity index is 1110. The fourth-order valence-electron chi connectivity index (χ4n) is 3.91. The molecule has 1 aromatic heterocycles. The molecule has 0 saturated carbocycles. The van der Waals surface area contributed by atoms with Gasteiger partial charge in [0.1, 0.15) is 0 Å². The van der Waals surface area contributed by atoms with Crippen molar-refractivity contribution in [1.82, 2.24) is 9.71 Å². The number of nitrogens with one attached hydrogen (secondary N) is 1. The summed E-state index contributed by atoms with van der Waals surface area (Å²) in [5.74, 6) is 0. The number of aromatic nitrogens is 1. The lowest BCUT2D eigenvalue weighted by Crippen LogP contribution is -2.39. The highest BCUT2D eigenvalue weighted by Gasteiger charge is 2.25. The summed E-state index contributed by atoms with van der Waals surface area (Å²) in [6, 6.07) is 12.6. The normalized spacial score (nSPS) is 16.6. The first kappa shape index (κ1) is 20.5. The number of nitrogens with zero attached hydrogens (tertiary/aromatic N) is 1. The summed E-state index contributed by atoms with van der Waals surface area (Å²) in [5, 5.41) is 3.76. The summed E-state index contributed by atoms with van der Waals surface area (Å²) >= 11 is 7.56. The second-order valence-corrected chi connectivity index (χ2v) is 10.6. The third-order valence-corrected chi connectivity index (χ3v) is 7.95. The van der Waals surface area contributed by atoms with Crippen LogP contribution in [-0.4, -0.2) is 19.4 Å². The molecule has 0 spiro atoms. The minimum atomic E-state index is -3.55. The minimum Gasteiger partial charge on any atom is -0.247 e. The zero-order chi connectivity index (χ0) is 20.4. The van der Waals surface area contributed by atoms with Crippen LogP contribution < -0.4 is 4.72 Å². The monoisotopic (exact) mass is 446 g/mol. The fourth-order valence-corrected chi connectivity index (χ4v) is 5.95. The van der Waals surface area contributed by atoms with Crippen molar-refractivity contribution in [1.29, 1.82) is 0 Å². The molecule has 0 fully saturated rings. The van der Waals surface area contributed by atoms with E-state index in [1.54, 1.807) is 35.6 Å². The predicted molar refractivity (Wildman–Crippen MR) is 118 cm³/mol. The lowest BCUT2D eigenvalue weighted by atomic mass is 9.84. The molecule has 2 aromatic carbocycles. The van der Waals surface area contributed by atoms with Gasteiger partial charge in [0.2, 0.25) is 10.0 Å². The Kier molecular flexibility index (Phi) is 6.06. The lowest BCUT2D eigenvalue weighted by Gasteiger charge is -2.27. The molecular formula is C22H23ClN2O2S2. The molecule has 7 heteroatoms. The highest BCUT2D eigenvalue weighted by atomic mass is 35.5. The van der Waals surface area contributed by atoms with E-state index < -0.39 is 10.0 Å². The van der Waals surface area contributed by atoms with E-state index >= 15 is 0 Å². The number of hydrogen-bond acceptors (Lipinski definition) is 4. The van der Waals surface area contributed by atoms with Crippen LogP contribution in [0.25, 0.3) is 0 Å². The van der Waals surface area contributed by atoms with Gasteiger partial charge < -0.3 is 0 Å². The fraction of sp³-hybridized carbons (Fsp3) is 0.318. The number of rotatable bonds is 6. The smallest absolute Gasteiger partial charge is 0.240 e. The van der Waals surface area contributed by atoms with Crippen LogP contribution in [0.3, 0.4) is 0 Å². The Balaban J connectivity index is 1.45. The average molecular weight is 447 g/mol. The van der Waals surface area contributed by atoms with Gasteiger partial charge >= 0.3 is 0 Å². The standard InChI is InChI=1S/C22H23ClN2O2S2/c1-15-24-20(14-28-15)8-5-16-3-2-4-17-13-19(9-12-22(16)17)25-29(26,27)21-10-6-18(23)7-11-21/h2-4,6-7,10-11,14,19,25H,5,8-9,12-13H2,1H3. The molecule has 3 aromatic rings. The largest absolute Gasteiger partial charge is 0.247 e. The van der Waals surface area contributed by atoms with Crippen LogP contribution in [0.15, 0.2) is 52.7 Å². The van der Waals surface area contributed by atoms with Gasteiger partial charge in [0, 0.05) is 16.4 Å². The van der Waals surface area contributed by atoms with Crippen molar-refractivity contribution in [3.05, 3.63) is 80.3 Å². The molecule has 0 bridgehead atoms. The van der Waals surface area contributed by atoms with Crippen molar-refractivity contribution in [2.24, 2.45) is 0 Å². The number of thiazole rings is 1. The molecule has 1 aliphatic carbocycles. The van der Waals surface area contributed by atoms with Crippen LogP contribution in [0, 0.1) is 6.92 Å². The molecule has 1 aliphatic rings. The van der Waals surface area contributed by atoms with E-state index in [4.69, 9.17) is 11.6 Å². The van der Waals surface area contributed by atoms with E-state index in [1.807, 2.05) is 6.92 Å². The molecule has 152 valence electrons. The Labute approximate surface area is 181 Å². The van der Waals surface area contributed by atoms with Crippen LogP contribution >= 0.6 is 22.9 Å². The average Bonchev–Trinajstić information content (AvgIpc) is 3.11. The van der Waals surface area contributed by atoms with Gasteiger partial charge in [0.05, 0.1) is 15.6 Å². The first-order chi connectivity index (χ1) is 13.9. The van der Waals surface area contributed by atoms with E-state index in [0.717, 1.165) is 36.4 Å². The van der Waals surface area contributed by atoms with Gasteiger partial charge in [-0.05, 0) is 80.0 Å². The molecule has 4 nitrogen and oxygen atoms in total. The number of hydrogen-bond donors (Lipinski definition) is 1. The molecule has 0 saturated heterocycles. The van der Waals surface area contributed by atoms with Crippen LogP contribution in [-0.2, 0) is 35.7 Å². The van der Waals surface area contributed by atoms with Crippen LogP contribution in [0.4, 0.5) is 0 Å². The quantitative estimate of drug-likeness (QED) is 0.595. The van der Waals surface area contributed by atoms with Gasteiger partial charge in [0.15, 0.2) is 0 Å². The molecule has 4 rings (SSSR count). The molecule has 0 amide bonds. The molecule has 29 heavy (non-hydrogen) atoms. The van der Waals surface area contributed by atoms with Crippen LogP contribution in [0.1, 0.15) is 33.8 Å². The Hall–Kier alpha value is -1.73. The molecule has 1 heterocycles. The highest BCUT2D eigenvalue weighted by Crippen LogP contribution is 2.27. The molecule has 0 radical (unpaired) electrons. The van der Waals surface area contributed by atoms with Crippen molar-refractivity contribution in [3.63, 3.8) is 0 Å². The minimum absolute atomic E-state index is 0.0976. The maximum Gasteiger partial charge on any atom is 0.240 e. The van der Waals surface area contributed by atoms with E-state index in [1.165, 1.54) is 16.7 Å². The Morgan fingerprint density at radius 2 is 1.97 bits per heavy atom. The summed E-state index contributed by atoms with van der Waals surface area (Å²) < 4.78 is 28.3. The number of aryl methyl sites for hydroxylation is 3.